The maximum atomic E-state index is 13.3. The Morgan fingerprint density at radius 3 is 1.92 bits per heavy atom. The molecule has 26 heavy (non-hydrogen) atoms. The van der Waals surface area contributed by atoms with Crippen molar-refractivity contribution < 1.29 is 42.2 Å². The van der Waals surface area contributed by atoms with Crippen molar-refractivity contribution in [2.24, 2.45) is 5.92 Å². The molecule has 0 radical (unpaired) electrons. The fraction of sp³-hybridized carbons (Fsp3) is 0.375. The molecule has 1 rings (SSSR count). The number of hydrogen-bond acceptors (Lipinski definition) is 7. The number of halogens is 2. The largest absolute Gasteiger partial charge is 0.469 e. The lowest BCUT2D eigenvalue weighted by molar-refractivity contribution is -0.158. The smallest absolute Gasteiger partial charge is 0.329 e. The molecule has 1 aromatic rings. The monoisotopic (exact) mass is 373 g/mol. The Kier molecular flexibility index (Phi) is 7.63. The van der Waals surface area contributed by atoms with E-state index in [0.717, 1.165) is 33.5 Å². The summed E-state index contributed by atoms with van der Waals surface area (Å²) in [6.45, 7) is 0. The summed E-state index contributed by atoms with van der Waals surface area (Å²) >= 11 is 0. The van der Waals surface area contributed by atoms with Crippen molar-refractivity contribution in [3.8, 4) is 0 Å². The predicted octanol–water partition coefficient (Wildman–Crippen LogP) is 0.588. The summed E-state index contributed by atoms with van der Waals surface area (Å²) in [6, 6.07) is 0.383. The summed E-state index contributed by atoms with van der Waals surface area (Å²) in [7, 11) is 3.08. The minimum Gasteiger partial charge on any atom is -0.469 e. The summed E-state index contributed by atoms with van der Waals surface area (Å²) in [5.74, 6) is -7.45. The van der Waals surface area contributed by atoms with Gasteiger partial charge in [0.15, 0.2) is 0 Å². The Bertz CT molecular complexity index is 688. The number of hydrogen-bond donors (Lipinski definition) is 1. The Morgan fingerprint density at radius 2 is 1.46 bits per heavy atom. The molecule has 0 unspecified atom stereocenters. The van der Waals surface area contributed by atoms with Crippen LogP contribution in [0.3, 0.4) is 0 Å². The van der Waals surface area contributed by atoms with Crippen molar-refractivity contribution >= 4 is 23.8 Å². The Balaban J connectivity index is 3.17. The van der Waals surface area contributed by atoms with E-state index in [9.17, 15) is 28.0 Å². The van der Waals surface area contributed by atoms with Crippen molar-refractivity contribution in [1.29, 1.82) is 0 Å². The van der Waals surface area contributed by atoms with Gasteiger partial charge in [-0.2, -0.15) is 0 Å². The van der Waals surface area contributed by atoms with Crippen LogP contribution in [0.1, 0.15) is 16.8 Å². The molecule has 0 aromatic heterocycles. The molecule has 0 aliphatic heterocycles. The molecule has 1 aromatic carbocycles. The molecular weight excluding hydrogens is 356 g/mol. The number of benzene rings is 1. The molecular formula is C16H17F2NO7. The third-order valence-electron chi connectivity index (χ3n) is 3.39. The summed E-state index contributed by atoms with van der Waals surface area (Å²) < 4.78 is 40.0. The number of ether oxygens (including phenoxy) is 3. The number of rotatable bonds is 7. The van der Waals surface area contributed by atoms with Crippen LogP contribution in [0, 0.1) is 17.6 Å². The molecule has 2 atom stereocenters. The van der Waals surface area contributed by atoms with E-state index in [0.29, 0.717) is 6.07 Å². The molecule has 0 saturated heterocycles. The van der Waals surface area contributed by atoms with E-state index in [2.05, 4.69) is 19.5 Å². The van der Waals surface area contributed by atoms with Crippen LogP contribution in [-0.2, 0) is 28.6 Å². The van der Waals surface area contributed by atoms with E-state index in [4.69, 9.17) is 0 Å². The zero-order valence-corrected chi connectivity index (χ0v) is 14.2. The zero-order valence-electron chi connectivity index (χ0n) is 14.2. The second-order valence-electron chi connectivity index (χ2n) is 5.04. The van der Waals surface area contributed by atoms with E-state index < -0.39 is 59.4 Å². The van der Waals surface area contributed by atoms with Gasteiger partial charge in [-0.15, -0.1) is 0 Å². The lowest BCUT2D eigenvalue weighted by Gasteiger charge is -2.23. The predicted molar refractivity (Wildman–Crippen MR) is 81.8 cm³/mol. The van der Waals surface area contributed by atoms with Crippen LogP contribution in [0.15, 0.2) is 18.2 Å². The highest BCUT2D eigenvalue weighted by Crippen LogP contribution is 2.16. The molecule has 0 fully saturated rings. The molecule has 0 heterocycles. The SMILES string of the molecule is COC(=O)C[C@@H](C(=O)OC)[C@H](NC(=O)c1cc(F)cc(F)c1)C(=O)OC. The van der Waals surface area contributed by atoms with Gasteiger partial charge in [0.2, 0.25) is 0 Å². The van der Waals surface area contributed by atoms with Crippen molar-refractivity contribution in [3.05, 3.63) is 35.4 Å². The van der Waals surface area contributed by atoms with Crippen LogP contribution >= 0.6 is 0 Å². The van der Waals surface area contributed by atoms with Gasteiger partial charge < -0.3 is 19.5 Å². The van der Waals surface area contributed by atoms with Crippen molar-refractivity contribution in [3.63, 3.8) is 0 Å². The van der Waals surface area contributed by atoms with Crippen LogP contribution in [0.5, 0.6) is 0 Å². The third kappa shape index (κ3) is 5.50. The van der Waals surface area contributed by atoms with Gasteiger partial charge in [0.05, 0.1) is 33.7 Å². The van der Waals surface area contributed by atoms with Crippen LogP contribution < -0.4 is 5.32 Å². The average Bonchev–Trinajstić information content (AvgIpc) is 2.61. The highest BCUT2D eigenvalue weighted by atomic mass is 19.1. The first-order valence-electron chi connectivity index (χ1n) is 7.22. The molecule has 0 spiro atoms. The second-order valence-corrected chi connectivity index (χ2v) is 5.04. The van der Waals surface area contributed by atoms with Crippen LogP contribution in [0.4, 0.5) is 8.78 Å². The quantitative estimate of drug-likeness (QED) is 0.550. The highest BCUT2D eigenvalue weighted by molar-refractivity contribution is 5.98. The first-order chi connectivity index (χ1) is 12.2. The summed E-state index contributed by atoms with van der Waals surface area (Å²) in [5.41, 5.74) is -0.432. The minimum atomic E-state index is -1.65. The van der Waals surface area contributed by atoms with Crippen LogP contribution in [0.25, 0.3) is 0 Å². The van der Waals surface area contributed by atoms with Gasteiger partial charge in [-0.25, -0.2) is 13.6 Å². The molecule has 1 amide bonds. The van der Waals surface area contributed by atoms with E-state index in [1.54, 1.807) is 0 Å². The van der Waals surface area contributed by atoms with Crippen molar-refractivity contribution in [2.75, 3.05) is 21.3 Å². The number of carbonyl (C=O) groups excluding carboxylic acids is 4. The third-order valence-corrected chi connectivity index (χ3v) is 3.39. The fourth-order valence-electron chi connectivity index (χ4n) is 2.11. The van der Waals surface area contributed by atoms with Crippen LogP contribution in [0.2, 0.25) is 0 Å². The first-order valence-corrected chi connectivity index (χ1v) is 7.22. The average molecular weight is 373 g/mol. The lowest BCUT2D eigenvalue weighted by Crippen LogP contribution is -2.50. The number of methoxy groups -OCH3 is 3. The van der Waals surface area contributed by atoms with Crippen molar-refractivity contribution in [2.45, 2.75) is 12.5 Å². The van der Waals surface area contributed by atoms with Gasteiger partial charge in [-0.05, 0) is 12.1 Å². The van der Waals surface area contributed by atoms with Gasteiger partial charge in [0, 0.05) is 11.6 Å². The Labute approximate surface area is 147 Å². The zero-order chi connectivity index (χ0) is 19.9. The number of amides is 1. The highest BCUT2D eigenvalue weighted by Gasteiger charge is 2.38. The van der Waals surface area contributed by atoms with Gasteiger partial charge in [-0.1, -0.05) is 0 Å². The maximum absolute atomic E-state index is 13.3. The maximum Gasteiger partial charge on any atom is 0.329 e. The molecule has 8 nitrogen and oxygen atoms in total. The van der Waals surface area contributed by atoms with Crippen molar-refractivity contribution in [1.82, 2.24) is 5.32 Å². The van der Waals surface area contributed by atoms with Gasteiger partial charge >= 0.3 is 17.9 Å². The molecule has 0 bridgehead atoms. The minimum absolute atomic E-state index is 0.432. The topological polar surface area (TPSA) is 108 Å². The molecule has 1 N–H and O–H groups in total. The lowest BCUT2D eigenvalue weighted by atomic mass is 9.95. The fourth-order valence-corrected chi connectivity index (χ4v) is 2.11. The van der Waals surface area contributed by atoms with E-state index in [-0.39, 0.29) is 0 Å². The molecule has 142 valence electrons. The summed E-state index contributed by atoms with van der Waals surface area (Å²) in [4.78, 5) is 47.7. The van der Waals surface area contributed by atoms with Crippen LogP contribution in [-0.4, -0.2) is 51.2 Å². The van der Waals surface area contributed by atoms with E-state index in [1.807, 2.05) is 0 Å². The van der Waals surface area contributed by atoms with Gasteiger partial charge in [-0.3, -0.25) is 14.4 Å². The van der Waals surface area contributed by atoms with E-state index >= 15 is 0 Å². The second kappa shape index (κ2) is 9.44. The molecule has 0 aliphatic carbocycles. The number of esters is 3. The summed E-state index contributed by atoms with van der Waals surface area (Å²) in [6.07, 6.45) is -0.596. The standard InChI is InChI=1S/C16H17F2NO7/c1-24-12(20)7-11(15(22)25-2)13(16(23)26-3)19-14(21)8-4-9(17)6-10(18)5-8/h4-6,11,13H,7H2,1-3H3,(H,19,21)/t11-,13+/m1/s1. The summed E-state index contributed by atoms with van der Waals surface area (Å²) in [5, 5.41) is 2.13. The van der Waals surface area contributed by atoms with Gasteiger partial charge in [0.25, 0.3) is 5.91 Å². The number of carbonyl (C=O) groups is 4. The Hall–Kier alpha value is -3.04. The van der Waals surface area contributed by atoms with E-state index in [1.165, 1.54) is 0 Å². The normalized spacial score (nSPS) is 12.5. The first kappa shape index (κ1) is 21.0. The molecule has 0 saturated carbocycles. The molecule has 0 aliphatic rings. The molecule has 10 heteroatoms. The Morgan fingerprint density at radius 1 is 0.923 bits per heavy atom. The van der Waals surface area contributed by atoms with Gasteiger partial charge in [0.1, 0.15) is 17.7 Å². The number of nitrogens with one attached hydrogen (secondary N) is 1.